The quantitative estimate of drug-likeness (QED) is 0.279. The van der Waals surface area contributed by atoms with Crippen molar-refractivity contribution in [1.29, 1.82) is 0 Å². The maximum atomic E-state index is 2.55. The number of hydrogen-bond acceptors (Lipinski definition) is 1. The standard InChI is InChI=1S/C43H42N2/c1-31-11-10-17-41-40-16-8-9-18-42(40)45(43(31)41)39-29-23-35(24-30-39)34-21-27-38(28-22-34)44(36-14-6-3-7-15-36)37-25-19-33(20-26-37)32-12-4-2-5-13-32/h2-6,9-10,12-14,17-19,21,23-25,27-31,34H,7-8,11,15-16,20,22,26H2,1H3. The van der Waals surface area contributed by atoms with Gasteiger partial charge in [-0.25, -0.2) is 0 Å². The fourth-order valence-electron chi connectivity index (χ4n) is 7.88. The molecule has 0 saturated heterocycles. The molecule has 0 fully saturated rings. The molecule has 2 nitrogen and oxygen atoms in total. The molecule has 0 radical (unpaired) electrons. The van der Waals surface area contributed by atoms with E-state index in [1.807, 2.05) is 0 Å². The first kappa shape index (κ1) is 28.0. The van der Waals surface area contributed by atoms with Crippen LogP contribution in [0.5, 0.6) is 0 Å². The summed E-state index contributed by atoms with van der Waals surface area (Å²) in [6, 6.07) is 20.3. The summed E-state index contributed by atoms with van der Waals surface area (Å²) in [6.45, 7) is 2.38. The van der Waals surface area contributed by atoms with E-state index >= 15 is 0 Å². The van der Waals surface area contributed by atoms with E-state index in [-0.39, 0.29) is 0 Å². The third-order valence-electron chi connectivity index (χ3n) is 10.2. The Morgan fingerprint density at radius 2 is 1.58 bits per heavy atom. The predicted molar refractivity (Wildman–Crippen MR) is 190 cm³/mol. The molecular weight excluding hydrogens is 544 g/mol. The summed E-state index contributed by atoms with van der Waals surface area (Å²) in [7, 11) is 0. The largest absolute Gasteiger partial charge is 0.318 e. The highest BCUT2D eigenvalue weighted by Gasteiger charge is 2.27. The molecule has 1 aromatic heterocycles. The highest BCUT2D eigenvalue weighted by atomic mass is 15.2. The molecule has 2 atom stereocenters. The second-order valence-corrected chi connectivity index (χ2v) is 13.1. The molecule has 0 aliphatic heterocycles. The van der Waals surface area contributed by atoms with Crippen LogP contribution in [0.4, 0.5) is 0 Å². The monoisotopic (exact) mass is 586 g/mol. The molecule has 8 rings (SSSR count). The zero-order valence-corrected chi connectivity index (χ0v) is 26.3. The minimum absolute atomic E-state index is 0.393. The summed E-state index contributed by atoms with van der Waals surface area (Å²) in [4.78, 5) is 2.54. The van der Waals surface area contributed by atoms with Crippen molar-refractivity contribution in [1.82, 2.24) is 9.47 Å². The third-order valence-corrected chi connectivity index (χ3v) is 10.2. The minimum Gasteiger partial charge on any atom is -0.318 e. The van der Waals surface area contributed by atoms with Gasteiger partial charge in [-0.1, -0.05) is 98.0 Å². The van der Waals surface area contributed by atoms with Crippen LogP contribution in [0.2, 0.25) is 0 Å². The van der Waals surface area contributed by atoms with E-state index in [0.717, 1.165) is 51.4 Å². The number of nitrogens with zero attached hydrogens (tertiary/aromatic N) is 2. The molecule has 2 aromatic carbocycles. The number of rotatable bonds is 6. The summed E-state index contributed by atoms with van der Waals surface area (Å²) >= 11 is 0. The van der Waals surface area contributed by atoms with Gasteiger partial charge >= 0.3 is 0 Å². The Labute approximate surface area is 268 Å². The first-order valence-corrected chi connectivity index (χ1v) is 16.9. The van der Waals surface area contributed by atoms with Crippen LogP contribution in [-0.4, -0.2) is 9.47 Å². The average Bonchev–Trinajstić information content (AvgIpc) is 3.46. The van der Waals surface area contributed by atoms with E-state index in [4.69, 9.17) is 0 Å². The zero-order valence-electron chi connectivity index (χ0n) is 26.3. The summed E-state index contributed by atoms with van der Waals surface area (Å²) in [5.41, 5.74) is 15.4. The van der Waals surface area contributed by atoms with Crippen LogP contribution < -0.4 is 0 Å². The average molecular weight is 587 g/mol. The van der Waals surface area contributed by atoms with Crippen LogP contribution in [0.1, 0.15) is 97.3 Å². The van der Waals surface area contributed by atoms with Crippen molar-refractivity contribution in [2.75, 3.05) is 0 Å². The van der Waals surface area contributed by atoms with Gasteiger partial charge in [-0.2, -0.15) is 0 Å². The fourth-order valence-corrected chi connectivity index (χ4v) is 7.88. The number of aromatic nitrogens is 1. The zero-order chi connectivity index (χ0) is 30.2. The van der Waals surface area contributed by atoms with E-state index < -0.39 is 0 Å². The Morgan fingerprint density at radius 3 is 2.33 bits per heavy atom. The van der Waals surface area contributed by atoms with Crippen molar-refractivity contribution in [2.24, 2.45) is 0 Å². The molecule has 2 unspecified atom stereocenters. The van der Waals surface area contributed by atoms with Gasteiger partial charge in [-0.05, 0) is 116 Å². The van der Waals surface area contributed by atoms with Gasteiger partial charge in [0, 0.05) is 46.0 Å². The van der Waals surface area contributed by atoms with Gasteiger partial charge in [0.1, 0.15) is 0 Å². The number of benzene rings is 2. The smallest absolute Gasteiger partial charge is 0.0494 e. The van der Waals surface area contributed by atoms with Crippen LogP contribution >= 0.6 is 0 Å². The Hall–Kier alpha value is -4.56. The predicted octanol–water partition coefficient (Wildman–Crippen LogP) is 11.2. The van der Waals surface area contributed by atoms with E-state index in [9.17, 15) is 0 Å². The molecule has 0 bridgehead atoms. The van der Waals surface area contributed by atoms with Crippen LogP contribution in [0.15, 0.2) is 132 Å². The molecule has 1 heterocycles. The van der Waals surface area contributed by atoms with Gasteiger partial charge in [-0.3, -0.25) is 0 Å². The lowest BCUT2D eigenvalue weighted by Gasteiger charge is -2.34. The van der Waals surface area contributed by atoms with Gasteiger partial charge in [0.05, 0.1) is 0 Å². The SMILES string of the molecule is CC1CC=Cc2c3c(n(-c4ccc(C5C=CC(N(C6=CC=CCC6)C6=CC=C(c7ccccc7)CC6)=CC5)cc4)c21)C=CCC3. The highest BCUT2D eigenvalue weighted by Crippen LogP contribution is 2.41. The van der Waals surface area contributed by atoms with Crippen molar-refractivity contribution in [2.45, 2.75) is 70.1 Å². The summed E-state index contributed by atoms with van der Waals surface area (Å²) in [5.74, 6) is 0.926. The molecule has 0 spiro atoms. The van der Waals surface area contributed by atoms with Crippen LogP contribution in [0, 0.1) is 0 Å². The molecule has 0 N–H and O–H groups in total. The van der Waals surface area contributed by atoms with Gasteiger partial charge in [0.2, 0.25) is 0 Å². The fraction of sp³-hybridized carbons (Fsp3) is 0.256. The lowest BCUT2D eigenvalue weighted by atomic mass is 9.90. The maximum Gasteiger partial charge on any atom is 0.0494 e. The van der Waals surface area contributed by atoms with Gasteiger partial charge in [0.15, 0.2) is 0 Å². The second-order valence-electron chi connectivity index (χ2n) is 13.1. The molecule has 0 saturated carbocycles. The molecular formula is C43H42N2. The van der Waals surface area contributed by atoms with Crippen LogP contribution in [0.3, 0.4) is 0 Å². The van der Waals surface area contributed by atoms with Crippen molar-refractivity contribution >= 4 is 17.7 Å². The first-order chi connectivity index (χ1) is 22.2. The van der Waals surface area contributed by atoms with Crippen molar-refractivity contribution in [3.8, 4) is 5.69 Å². The van der Waals surface area contributed by atoms with E-state index in [1.165, 1.54) is 62.0 Å². The lowest BCUT2D eigenvalue weighted by molar-refractivity contribution is 0.485. The third kappa shape index (κ3) is 5.27. The number of fused-ring (bicyclic) bond motifs is 3. The van der Waals surface area contributed by atoms with E-state index in [2.05, 4.69) is 144 Å². The van der Waals surface area contributed by atoms with Gasteiger partial charge in [-0.15, -0.1) is 0 Å². The Balaban J connectivity index is 1.05. The van der Waals surface area contributed by atoms with E-state index in [0.29, 0.717) is 11.8 Å². The van der Waals surface area contributed by atoms with Gasteiger partial charge in [0.25, 0.3) is 0 Å². The van der Waals surface area contributed by atoms with Crippen molar-refractivity contribution in [3.05, 3.63) is 166 Å². The number of hydrogen-bond donors (Lipinski definition) is 0. The molecule has 3 aromatic rings. The van der Waals surface area contributed by atoms with Gasteiger partial charge < -0.3 is 9.47 Å². The van der Waals surface area contributed by atoms with Crippen LogP contribution in [0.25, 0.3) is 23.4 Å². The topological polar surface area (TPSA) is 8.17 Å². The molecule has 5 aliphatic rings. The molecule has 0 amide bonds. The Morgan fingerprint density at radius 1 is 0.733 bits per heavy atom. The highest BCUT2D eigenvalue weighted by molar-refractivity contribution is 5.72. The molecule has 2 heteroatoms. The minimum atomic E-state index is 0.393. The lowest BCUT2D eigenvalue weighted by Crippen LogP contribution is -2.24. The Bertz CT molecular complexity index is 1850. The normalized spacial score (nSPS) is 21.8. The molecule has 45 heavy (non-hydrogen) atoms. The number of allylic oxidation sites excluding steroid dienone is 13. The summed E-state index contributed by atoms with van der Waals surface area (Å²) < 4.78 is 2.55. The van der Waals surface area contributed by atoms with Crippen LogP contribution in [-0.2, 0) is 6.42 Å². The molecule has 224 valence electrons. The first-order valence-electron chi connectivity index (χ1n) is 16.9. The molecule has 5 aliphatic carbocycles. The summed E-state index contributed by atoms with van der Waals surface area (Å²) in [6.07, 6.45) is 36.9. The summed E-state index contributed by atoms with van der Waals surface area (Å²) in [5, 5.41) is 0. The Kier molecular flexibility index (Phi) is 7.51. The van der Waals surface area contributed by atoms with Crippen molar-refractivity contribution in [3.63, 3.8) is 0 Å². The second kappa shape index (κ2) is 12.1. The van der Waals surface area contributed by atoms with E-state index in [1.54, 1.807) is 0 Å². The maximum absolute atomic E-state index is 2.55. The van der Waals surface area contributed by atoms with Crippen molar-refractivity contribution < 1.29 is 0 Å².